The van der Waals surface area contributed by atoms with Gasteiger partial charge >= 0.3 is 0 Å². The number of pyridine rings is 1. The summed E-state index contributed by atoms with van der Waals surface area (Å²) in [4.78, 5) is 25.4. The first-order valence-corrected chi connectivity index (χ1v) is 5.00. The Bertz CT molecular complexity index is 466. The molecular weight excluding hydrogens is 218 g/mol. The van der Waals surface area contributed by atoms with Crippen LogP contribution < -0.4 is 10.6 Å². The number of carbonyl (C=O) groups is 2. The highest BCUT2D eigenvalue weighted by Crippen LogP contribution is 2.15. The molecule has 0 saturated heterocycles. The third kappa shape index (κ3) is 3.31. The molecule has 0 unspecified atom stereocenters. The molecule has 88 valence electrons. The standard InChI is InChI=1S/C12H13N3O2/c1-4-12(17)13-6-10-8(2)5-11(14-7-16)15-9(10)3/h1,5,7H,6H2,2-3H3,(H,13,17)(H,14,15,16). The summed E-state index contributed by atoms with van der Waals surface area (Å²) >= 11 is 0. The zero-order valence-corrected chi connectivity index (χ0v) is 9.70. The second-order valence-corrected chi connectivity index (χ2v) is 3.48. The van der Waals surface area contributed by atoms with Gasteiger partial charge in [0.15, 0.2) is 0 Å². The van der Waals surface area contributed by atoms with E-state index >= 15 is 0 Å². The fourth-order valence-corrected chi connectivity index (χ4v) is 1.48. The highest BCUT2D eigenvalue weighted by molar-refractivity contribution is 5.92. The lowest BCUT2D eigenvalue weighted by atomic mass is 10.1. The molecule has 1 aromatic heterocycles. The number of anilines is 1. The van der Waals surface area contributed by atoms with Gasteiger partial charge in [-0.3, -0.25) is 9.59 Å². The van der Waals surface area contributed by atoms with E-state index in [-0.39, 0.29) is 0 Å². The lowest BCUT2D eigenvalue weighted by molar-refractivity contribution is -0.115. The number of aromatic nitrogens is 1. The number of nitrogens with one attached hydrogen (secondary N) is 2. The fourth-order valence-electron chi connectivity index (χ4n) is 1.48. The van der Waals surface area contributed by atoms with Gasteiger partial charge in [0.2, 0.25) is 6.41 Å². The van der Waals surface area contributed by atoms with Gasteiger partial charge in [0, 0.05) is 12.2 Å². The van der Waals surface area contributed by atoms with Gasteiger partial charge in [-0.05, 0) is 37.0 Å². The Labute approximate surface area is 99.6 Å². The summed E-state index contributed by atoms with van der Waals surface area (Å²) in [6.07, 6.45) is 5.52. The number of nitrogens with zero attached hydrogens (tertiary/aromatic N) is 1. The number of amides is 2. The Balaban J connectivity index is 2.90. The van der Waals surface area contributed by atoms with Gasteiger partial charge in [-0.2, -0.15) is 0 Å². The fraction of sp³-hybridized carbons (Fsp3) is 0.250. The van der Waals surface area contributed by atoms with Crippen molar-refractivity contribution in [3.63, 3.8) is 0 Å². The summed E-state index contributed by atoms with van der Waals surface area (Å²) in [5.74, 6) is 2.01. The Kier molecular flexibility index (Phi) is 4.23. The second kappa shape index (κ2) is 5.66. The van der Waals surface area contributed by atoms with E-state index in [1.54, 1.807) is 13.0 Å². The lowest BCUT2D eigenvalue weighted by Gasteiger charge is -2.11. The molecule has 0 radical (unpaired) electrons. The third-order valence-electron chi connectivity index (χ3n) is 2.32. The van der Waals surface area contributed by atoms with Crippen LogP contribution in [-0.4, -0.2) is 17.3 Å². The van der Waals surface area contributed by atoms with Crippen LogP contribution in [0.15, 0.2) is 6.07 Å². The van der Waals surface area contributed by atoms with Crippen molar-refractivity contribution in [1.29, 1.82) is 0 Å². The van der Waals surface area contributed by atoms with Gasteiger partial charge < -0.3 is 10.6 Å². The molecule has 0 aliphatic carbocycles. The zero-order chi connectivity index (χ0) is 12.8. The molecule has 2 amide bonds. The first-order chi connectivity index (χ1) is 8.08. The Morgan fingerprint density at radius 1 is 1.59 bits per heavy atom. The molecule has 5 nitrogen and oxygen atoms in total. The van der Waals surface area contributed by atoms with Crippen molar-refractivity contribution in [1.82, 2.24) is 10.3 Å². The first-order valence-electron chi connectivity index (χ1n) is 5.00. The smallest absolute Gasteiger partial charge is 0.295 e. The van der Waals surface area contributed by atoms with Crippen LogP contribution in [0.1, 0.15) is 16.8 Å². The summed E-state index contributed by atoms with van der Waals surface area (Å²) in [5.41, 5.74) is 2.57. The average Bonchev–Trinajstić information content (AvgIpc) is 2.28. The van der Waals surface area contributed by atoms with Crippen molar-refractivity contribution >= 4 is 18.1 Å². The zero-order valence-electron chi connectivity index (χ0n) is 9.70. The maximum absolute atomic E-state index is 11.0. The minimum Gasteiger partial charge on any atom is -0.341 e. The molecule has 1 heterocycles. The van der Waals surface area contributed by atoms with E-state index in [9.17, 15) is 9.59 Å². The average molecular weight is 231 g/mol. The van der Waals surface area contributed by atoms with Gasteiger partial charge in [0.1, 0.15) is 5.82 Å². The van der Waals surface area contributed by atoms with Crippen LogP contribution in [0.4, 0.5) is 5.82 Å². The molecule has 1 aromatic rings. The van der Waals surface area contributed by atoms with E-state index in [4.69, 9.17) is 6.42 Å². The van der Waals surface area contributed by atoms with Crippen LogP contribution in [-0.2, 0) is 16.1 Å². The number of aryl methyl sites for hydroxylation is 2. The minimum atomic E-state index is -0.459. The monoisotopic (exact) mass is 231 g/mol. The molecule has 0 bridgehead atoms. The van der Waals surface area contributed by atoms with Crippen LogP contribution in [0.5, 0.6) is 0 Å². The number of carbonyl (C=O) groups excluding carboxylic acids is 2. The molecular formula is C12H13N3O2. The van der Waals surface area contributed by atoms with Crippen molar-refractivity contribution in [3.8, 4) is 12.3 Å². The molecule has 1 rings (SSSR count). The Morgan fingerprint density at radius 3 is 2.82 bits per heavy atom. The van der Waals surface area contributed by atoms with Crippen molar-refractivity contribution in [3.05, 3.63) is 22.9 Å². The number of hydrogen-bond donors (Lipinski definition) is 2. The highest BCUT2D eigenvalue weighted by Gasteiger charge is 2.07. The number of rotatable bonds is 4. The quantitative estimate of drug-likeness (QED) is 0.586. The predicted molar refractivity (Wildman–Crippen MR) is 64.1 cm³/mol. The molecule has 0 aliphatic rings. The third-order valence-corrected chi connectivity index (χ3v) is 2.32. The van der Waals surface area contributed by atoms with Crippen LogP contribution in [0.25, 0.3) is 0 Å². The number of terminal acetylenes is 1. The van der Waals surface area contributed by atoms with Crippen molar-refractivity contribution in [2.75, 3.05) is 5.32 Å². The molecule has 0 spiro atoms. The van der Waals surface area contributed by atoms with Crippen LogP contribution in [0.3, 0.4) is 0 Å². The van der Waals surface area contributed by atoms with E-state index in [0.717, 1.165) is 16.8 Å². The molecule has 0 aromatic carbocycles. The summed E-state index contributed by atoms with van der Waals surface area (Å²) in [6, 6.07) is 1.73. The van der Waals surface area contributed by atoms with E-state index in [0.29, 0.717) is 18.8 Å². The normalized spacial score (nSPS) is 9.24. The maximum Gasteiger partial charge on any atom is 0.295 e. The van der Waals surface area contributed by atoms with Crippen LogP contribution in [0.2, 0.25) is 0 Å². The van der Waals surface area contributed by atoms with E-state index in [1.807, 2.05) is 12.8 Å². The van der Waals surface area contributed by atoms with E-state index in [2.05, 4.69) is 15.6 Å². The molecule has 0 atom stereocenters. The van der Waals surface area contributed by atoms with Gasteiger partial charge in [0.05, 0.1) is 0 Å². The minimum absolute atomic E-state index is 0.328. The van der Waals surface area contributed by atoms with Crippen molar-refractivity contribution in [2.24, 2.45) is 0 Å². The second-order valence-electron chi connectivity index (χ2n) is 3.48. The van der Waals surface area contributed by atoms with Crippen LogP contribution in [0, 0.1) is 26.2 Å². The van der Waals surface area contributed by atoms with Crippen molar-refractivity contribution < 1.29 is 9.59 Å². The Hall–Kier alpha value is -2.35. The lowest BCUT2D eigenvalue weighted by Crippen LogP contribution is -2.22. The molecule has 0 aliphatic heterocycles. The van der Waals surface area contributed by atoms with Crippen molar-refractivity contribution in [2.45, 2.75) is 20.4 Å². The van der Waals surface area contributed by atoms with Gasteiger partial charge in [-0.1, -0.05) is 0 Å². The van der Waals surface area contributed by atoms with E-state index in [1.165, 1.54) is 0 Å². The first kappa shape index (κ1) is 12.7. The molecule has 2 N–H and O–H groups in total. The van der Waals surface area contributed by atoms with Gasteiger partial charge in [-0.25, -0.2) is 4.98 Å². The maximum atomic E-state index is 11.0. The summed E-state index contributed by atoms with van der Waals surface area (Å²) < 4.78 is 0. The highest BCUT2D eigenvalue weighted by atomic mass is 16.1. The molecule has 17 heavy (non-hydrogen) atoms. The van der Waals surface area contributed by atoms with E-state index < -0.39 is 5.91 Å². The summed E-state index contributed by atoms with van der Waals surface area (Å²) in [7, 11) is 0. The van der Waals surface area contributed by atoms with Crippen LogP contribution >= 0.6 is 0 Å². The summed E-state index contributed by atoms with van der Waals surface area (Å²) in [5, 5.41) is 5.06. The molecule has 5 heteroatoms. The molecule has 0 saturated carbocycles. The van der Waals surface area contributed by atoms with Gasteiger partial charge in [0.25, 0.3) is 5.91 Å². The SMILES string of the molecule is C#CC(=O)NCc1c(C)cc(NC=O)nc1C. The predicted octanol–water partition coefficient (Wildman–Crippen LogP) is 0.516. The Morgan fingerprint density at radius 2 is 2.29 bits per heavy atom. The topological polar surface area (TPSA) is 71.1 Å². The van der Waals surface area contributed by atoms with Gasteiger partial charge in [-0.15, -0.1) is 6.42 Å². The number of hydrogen-bond acceptors (Lipinski definition) is 3. The molecule has 0 fully saturated rings. The summed E-state index contributed by atoms with van der Waals surface area (Å²) in [6.45, 7) is 4.01. The largest absolute Gasteiger partial charge is 0.341 e.